The van der Waals surface area contributed by atoms with Gasteiger partial charge in [-0.15, -0.1) is 0 Å². The minimum Gasteiger partial charge on any atom is -0.459 e. The summed E-state index contributed by atoms with van der Waals surface area (Å²) in [6, 6.07) is 20.5. The molecular formula is C38H35N5O6. The highest BCUT2D eigenvalue weighted by Gasteiger charge is 2.45. The molecule has 11 nitrogen and oxygen atoms in total. The van der Waals surface area contributed by atoms with Crippen molar-refractivity contribution in [1.29, 1.82) is 0 Å². The Balaban J connectivity index is 1.12. The number of carbonyl (C=O) groups excluding carboxylic acids is 5. The summed E-state index contributed by atoms with van der Waals surface area (Å²) < 4.78 is 6.06. The number of fused-ring (bicyclic) bond motifs is 2. The fraction of sp³-hybridized carbons (Fsp3) is 0.211. The van der Waals surface area contributed by atoms with E-state index in [1.165, 1.54) is 0 Å². The van der Waals surface area contributed by atoms with Crippen molar-refractivity contribution >= 4 is 52.4 Å². The van der Waals surface area contributed by atoms with Crippen LogP contribution in [0, 0.1) is 0 Å². The van der Waals surface area contributed by atoms with Crippen LogP contribution in [0.3, 0.4) is 0 Å². The summed E-state index contributed by atoms with van der Waals surface area (Å²) in [5, 5.41) is 9.50. The molecule has 3 N–H and O–H groups in total. The predicted octanol–water partition coefficient (Wildman–Crippen LogP) is 5.57. The molecule has 0 radical (unpaired) electrons. The van der Waals surface area contributed by atoms with Crippen LogP contribution in [0.1, 0.15) is 76.3 Å². The molecule has 11 heteroatoms. The first-order valence-corrected chi connectivity index (χ1v) is 16.0. The zero-order valence-corrected chi connectivity index (χ0v) is 27.0. The topological polar surface area (TPSA) is 150 Å². The number of piperidine rings is 1. The summed E-state index contributed by atoms with van der Waals surface area (Å²) in [5.74, 6) is -2.25. The number of hydrogen-bond donors (Lipinski definition) is 3. The van der Waals surface area contributed by atoms with Gasteiger partial charge in [0.25, 0.3) is 11.8 Å². The summed E-state index contributed by atoms with van der Waals surface area (Å²) >= 11 is 0. The number of benzene rings is 3. The standard InChI is InChI=1S/C38H35N5O6/c1-3-39-20-7-6-11-28(32-21-26-9-4-5-13-31(26)49-32)41-35(45)23(2)25-16-14-24(15-17-25)22-40-29-12-8-10-27-34(29)38(48)43(37(27)47)30-18-19-33(44)42-36(30)46/h3-17,20-21,23,28,30,40H,18-19,22H2,1-2H3,(H,41,45)(H,42,44,46)/b11-6+,20-7-,39-3-. The van der Waals surface area contributed by atoms with Crippen LogP contribution in [0.2, 0.25) is 0 Å². The molecule has 3 atom stereocenters. The Labute approximate surface area is 282 Å². The molecule has 0 spiro atoms. The van der Waals surface area contributed by atoms with Gasteiger partial charge in [-0.1, -0.05) is 60.7 Å². The Kier molecular flexibility index (Phi) is 9.61. The Morgan fingerprint density at radius 3 is 2.57 bits per heavy atom. The number of allylic oxidation sites excluding steroid dienone is 2. The number of nitrogens with one attached hydrogen (secondary N) is 3. The van der Waals surface area contributed by atoms with Crippen LogP contribution >= 0.6 is 0 Å². The molecule has 3 aromatic carbocycles. The van der Waals surface area contributed by atoms with Crippen molar-refractivity contribution in [2.75, 3.05) is 5.32 Å². The third-order valence-corrected chi connectivity index (χ3v) is 8.61. The summed E-state index contributed by atoms with van der Waals surface area (Å²) in [6.45, 7) is 4.00. The number of carbonyl (C=O) groups is 5. The van der Waals surface area contributed by atoms with Gasteiger partial charge >= 0.3 is 0 Å². The average molecular weight is 658 g/mol. The van der Waals surface area contributed by atoms with Crippen molar-refractivity contribution in [3.8, 4) is 0 Å². The average Bonchev–Trinajstić information content (AvgIpc) is 3.65. The molecule has 4 aromatic rings. The summed E-state index contributed by atoms with van der Waals surface area (Å²) in [7, 11) is 0. The van der Waals surface area contributed by atoms with Crippen molar-refractivity contribution in [2.45, 2.75) is 51.2 Å². The molecule has 2 aliphatic rings. The van der Waals surface area contributed by atoms with Crippen LogP contribution in [0.25, 0.3) is 11.0 Å². The van der Waals surface area contributed by atoms with E-state index in [0.29, 0.717) is 18.0 Å². The second kappa shape index (κ2) is 14.3. The molecule has 0 aliphatic carbocycles. The molecule has 3 heterocycles. The van der Waals surface area contributed by atoms with Gasteiger partial charge in [-0.25, -0.2) is 0 Å². The molecule has 1 saturated heterocycles. The van der Waals surface area contributed by atoms with Crippen molar-refractivity contribution < 1.29 is 28.4 Å². The molecule has 248 valence electrons. The highest BCUT2D eigenvalue weighted by atomic mass is 16.3. The van der Waals surface area contributed by atoms with E-state index in [-0.39, 0.29) is 29.9 Å². The fourth-order valence-corrected chi connectivity index (χ4v) is 5.94. The SMILES string of the molecule is C\C=N/C=C\C=C\C(NC(=O)C(C)c1ccc(CNc2cccc3c2C(=O)N(C2CCC(=O)NC2=O)C3=O)cc1)c1cc2ccccc2o1. The van der Waals surface area contributed by atoms with Gasteiger partial charge in [0.2, 0.25) is 17.7 Å². The van der Waals surface area contributed by atoms with Crippen molar-refractivity contribution in [3.05, 3.63) is 125 Å². The van der Waals surface area contributed by atoms with Crippen molar-refractivity contribution in [1.82, 2.24) is 15.5 Å². The lowest BCUT2D eigenvalue weighted by Gasteiger charge is -2.27. The maximum absolute atomic E-state index is 13.5. The van der Waals surface area contributed by atoms with Crippen LogP contribution in [0.4, 0.5) is 5.69 Å². The van der Waals surface area contributed by atoms with Gasteiger partial charge in [-0.05, 0) is 61.7 Å². The van der Waals surface area contributed by atoms with E-state index >= 15 is 0 Å². The van der Waals surface area contributed by atoms with Crippen LogP contribution in [-0.4, -0.2) is 46.7 Å². The zero-order valence-electron chi connectivity index (χ0n) is 27.0. The third-order valence-electron chi connectivity index (χ3n) is 8.61. The molecule has 2 aliphatic heterocycles. The van der Waals surface area contributed by atoms with Gasteiger partial charge in [0.1, 0.15) is 23.4 Å². The summed E-state index contributed by atoms with van der Waals surface area (Å²) in [5.41, 5.74) is 3.29. The summed E-state index contributed by atoms with van der Waals surface area (Å²) in [4.78, 5) is 69.1. The number of imide groups is 2. The Morgan fingerprint density at radius 2 is 1.82 bits per heavy atom. The van der Waals surface area contributed by atoms with Crippen molar-refractivity contribution in [3.63, 3.8) is 0 Å². The zero-order chi connectivity index (χ0) is 34.5. The molecule has 49 heavy (non-hydrogen) atoms. The lowest BCUT2D eigenvalue weighted by Crippen LogP contribution is -2.54. The fourth-order valence-electron chi connectivity index (χ4n) is 5.94. The number of hydrogen-bond acceptors (Lipinski definition) is 8. The second-order valence-electron chi connectivity index (χ2n) is 11.8. The minimum absolute atomic E-state index is 0.0523. The molecule has 0 saturated carbocycles. The lowest BCUT2D eigenvalue weighted by molar-refractivity contribution is -0.136. The van der Waals surface area contributed by atoms with Gasteiger partial charge in [-0.3, -0.25) is 39.2 Å². The Bertz CT molecular complexity index is 1990. The highest BCUT2D eigenvalue weighted by molar-refractivity contribution is 6.25. The van der Waals surface area contributed by atoms with Gasteiger partial charge < -0.3 is 15.1 Å². The number of anilines is 1. The predicted molar refractivity (Wildman–Crippen MR) is 185 cm³/mol. The molecule has 5 amide bonds. The maximum Gasteiger partial charge on any atom is 0.264 e. The number of rotatable bonds is 11. The van der Waals surface area contributed by atoms with E-state index in [1.54, 1.807) is 36.7 Å². The van der Waals surface area contributed by atoms with E-state index < -0.39 is 41.6 Å². The molecule has 3 unspecified atom stereocenters. The monoisotopic (exact) mass is 657 g/mol. The molecule has 6 rings (SSSR count). The summed E-state index contributed by atoms with van der Waals surface area (Å²) in [6.07, 6.45) is 8.93. The number of nitrogens with zero attached hydrogens (tertiary/aromatic N) is 2. The largest absolute Gasteiger partial charge is 0.459 e. The van der Waals surface area contributed by atoms with Crippen molar-refractivity contribution in [2.24, 2.45) is 4.99 Å². The van der Waals surface area contributed by atoms with Crippen LogP contribution < -0.4 is 16.0 Å². The van der Waals surface area contributed by atoms with Gasteiger partial charge in [-0.2, -0.15) is 0 Å². The molecule has 0 bridgehead atoms. The molecular weight excluding hydrogens is 622 g/mol. The van der Waals surface area contributed by atoms with E-state index in [4.69, 9.17) is 4.42 Å². The maximum atomic E-state index is 13.5. The van der Waals surface area contributed by atoms with E-state index in [1.807, 2.05) is 80.6 Å². The first kappa shape index (κ1) is 32.8. The first-order chi connectivity index (χ1) is 23.7. The molecule has 1 fully saturated rings. The van der Waals surface area contributed by atoms with Crippen LogP contribution in [0.5, 0.6) is 0 Å². The second-order valence-corrected chi connectivity index (χ2v) is 11.8. The van der Waals surface area contributed by atoms with Gasteiger partial charge in [0.15, 0.2) is 0 Å². The quantitative estimate of drug-likeness (QED) is 0.108. The van der Waals surface area contributed by atoms with Gasteiger partial charge in [0, 0.05) is 36.5 Å². The smallest absolute Gasteiger partial charge is 0.264 e. The normalized spacial score (nSPS) is 17.7. The number of amides is 5. The molecule has 1 aromatic heterocycles. The third kappa shape index (κ3) is 6.96. The number of furan rings is 1. The van der Waals surface area contributed by atoms with Gasteiger partial charge in [0.05, 0.1) is 17.0 Å². The van der Waals surface area contributed by atoms with E-state index in [0.717, 1.165) is 27.0 Å². The Morgan fingerprint density at radius 1 is 1.02 bits per heavy atom. The Hall–Kier alpha value is -6.10. The van der Waals surface area contributed by atoms with Crippen LogP contribution in [0.15, 0.2) is 107 Å². The van der Waals surface area contributed by atoms with E-state index in [9.17, 15) is 24.0 Å². The van der Waals surface area contributed by atoms with E-state index in [2.05, 4.69) is 20.9 Å². The highest BCUT2D eigenvalue weighted by Crippen LogP contribution is 2.33. The number of para-hydroxylation sites is 1. The number of aliphatic imine (C=N–C) groups is 1. The lowest BCUT2D eigenvalue weighted by atomic mass is 9.98. The minimum atomic E-state index is -1.04. The first-order valence-electron chi connectivity index (χ1n) is 16.0. The van der Waals surface area contributed by atoms with Crippen LogP contribution in [-0.2, 0) is 20.9 Å².